The predicted octanol–water partition coefficient (Wildman–Crippen LogP) is 21.1. The van der Waals surface area contributed by atoms with E-state index in [-0.39, 0.29) is 0 Å². The van der Waals surface area contributed by atoms with Gasteiger partial charge in [-0.2, -0.15) is 0 Å². The van der Waals surface area contributed by atoms with Gasteiger partial charge in [0.25, 0.3) is 0 Å². The van der Waals surface area contributed by atoms with Gasteiger partial charge in [0.1, 0.15) is 0 Å². The lowest BCUT2D eigenvalue weighted by molar-refractivity contribution is 0.0616. The molecule has 0 fully saturated rings. The molecule has 8 nitrogen and oxygen atoms in total. The Morgan fingerprint density at radius 3 is 1.27 bits per heavy atom. The summed E-state index contributed by atoms with van der Waals surface area (Å²) in [6.45, 7) is 11.3. The zero-order valence-corrected chi connectivity index (χ0v) is 52.1. The van der Waals surface area contributed by atoms with Crippen LogP contribution in [0.5, 0.6) is 0 Å². The number of aromatic nitrogens is 2. The van der Waals surface area contributed by atoms with Crippen LogP contribution in [0.15, 0.2) is 274 Å². The number of benzene rings is 11. The Hall–Kier alpha value is -10.6. The molecule has 2 aromatic heterocycles. The first-order chi connectivity index (χ1) is 45.4. The Labute approximate surface area is 539 Å². The van der Waals surface area contributed by atoms with E-state index in [2.05, 4.69) is 299 Å². The highest BCUT2D eigenvalue weighted by atomic mass is 16.5. The Balaban J connectivity index is 0.804. The molecular weight excluding hydrogens is 1130 g/mol. The molecule has 92 heavy (non-hydrogen) atoms. The number of nitrogens with zero attached hydrogens (tertiary/aromatic N) is 4. The maximum atomic E-state index is 5.90. The van der Waals surface area contributed by atoms with E-state index < -0.39 is 0 Å². The number of allylic oxidation sites excluding steroid dienone is 1. The molecular formula is C84H72N4O4. The van der Waals surface area contributed by atoms with Crippen LogP contribution < -0.4 is 9.80 Å². The van der Waals surface area contributed by atoms with E-state index in [1.807, 2.05) is 12.2 Å². The third-order valence-corrected chi connectivity index (χ3v) is 17.7. The average molecular weight is 1200 g/mol. The van der Waals surface area contributed by atoms with Crippen LogP contribution in [0.2, 0.25) is 0 Å². The molecule has 0 saturated heterocycles. The van der Waals surface area contributed by atoms with Crippen molar-refractivity contribution in [2.75, 3.05) is 50.4 Å². The zero-order valence-electron chi connectivity index (χ0n) is 52.1. The topological polar surface area (TPSA) is 53.3 Å². The highest BCUT2D eigenvalue weighted by molar-refractivity contribution is 6.12. The number of anilines is 6. The van der Waals surface area contributed by atoms with Gasteiger partial charge >= 0.3 is 0 Å². The number of hydrogen-bond acceptors (Lipinski definition) is 6. The normalized spacial score (nSPS) is 12.1. The van der Waals surface area contributed by atoms with E-state index >= 15 is 0 Å². The van der Waals surface area contributed by atoms with Crippen LogP contribution in [0.4, 0.5) is 34.1 Å². The first-order valence-electron chi connectivity index (χ1n) is 31.6. The third kappa shape index (κ3) is 12.0. The largest absolute Gasteiger partial charge is 0.382 e. The molecule has 13 aromatic rings. The lowest BCUT2D eigenvalue weighted by atomic mass is 9.91. The number of hydrogen-bond donors (Lipinski definition) is 0. The first-order valence-corrected chi connectivity index (χ1v) is 31.6. The summed E-state index contributed by atoms with van der Waals surface area (Å²) in [5.41, 5.74) is 26.2. The first kappa shape index (κ1) is 59.1. The van der Waals surface area contributed by atoms with E-state index in [9.17, 15) is 0 Å². The van der Waals surface area contributed by atoms with Gasteiger partial charge in [0.15, 0.2) is 0 Å². The SMILES string of the molecule is C=Cc1ccc(C2=Cc3c(n(-c4ccc(COCCOC)cc4)c4ccc(N(c5ccccc5)c5ccc(-c6ccc(N(c7ccccc7)c7ccc8c(c7)c7cc(-c9ccc(C=C)cc9)ccc7n8-c7ccc(COCCOC)cc7)cc6)cc5)cc34)CC2)cc1. The average Bonchev–Trinajstić information content (AvgIpc) is 1.59. The third-order valence-electron chi connectivity index (χ3n) is 17.7. The van der Waals surface area contributed by atoms with Gasteiger partial charge in [-0.1, -0.05) is 165 Å². The Bertz CT molecular complexity index is 4760. The van der Waals surface area contributed by atoms with Gasteiger partial charge < -0.3 is 37.9 Å². The number of rotatable bonds is 23. The summed E-state index contributed by atoms with van der Waals surface area (Å²) in [5.74, 6) is 0. The second kappa shape index (κ2) is 26.9. The molecule has 14 rings (SSSR count). The molecule has 0 bridgehead atoms. The second-order valence-electron chi connectivity index (χ2n) is 23.3. The fourth-order valence-corrected chi connectivity index (χ4v) is 13.0. The Morgan fingerprint density at radius 1 is 0.370 bits per heavy atom. The van der Waals surface area contributed by atoms with E-state index in [0.717, 1.165) is 119 Å². The minimum atomic E-state index is 0.527. The molecule has 0 atom stereocenters. The monoisotopic (exact) mass is 1200 g/mol. The molecule has 8 heteroatoms. The van der Waals surface area contributed by atoms with Crippen LogP contribution in [0.1, 0.15) is 45.5 Å². The van der Waals surface area contributed by atoms with Crippen molar-refractivity contribution in [3.05, 3.63) is 313 Å². The standard InChI is InChI=1S/C84H72N4O4/c1-5-59-17-25-65(26-18-59)67-33-45-81-77(53-67)79-55-75(43-47-83(79)87(81)73-35-21-61(22-36-73)57-91-51-49-89-3)85(69-13-9-7-10-14-69)71-39-29-63(30-40-71)64-31-41-72(42-32-64)86(70-15-11-8-12-16-70)76-44-48-84-80(56-76)78-54-68(66-27-19-60(6-2)20-28-66)34-46-82(78)88(84)74-37-23-62(24-38-74)58-92-52-50-90-4/h5-33,35-45,47-48,53-56H,1-2,34,46,49-52,57-58H2,3-4H3. The number of ether oxygens (including phenoxy) is 4. The molecule has 0 amide bonds. The van der Waals surface area contributed by atoms with Crippen molar-refractivity contribution < 1.29 is 18.9 Å². The highest BCUT2D eigenvalue weighted by Gasteiger charge is 2.25. The second-order valence-corrected chi connectivity index (χ2v) is 23.3. The van der Waals surface area contributed by atoms with Crippen molar-refractivity contribution in [3.63, 3.8) is 0 Å². The van der Waals surface area contributed by atoms with Gasteiger partial charge in [0.05, 0.1) is 56.2 Å². The molecule has 1 aliphatic rings. The van der Waals surface area contributed by atoms with Crippen LogP contribution in [-0.2, 0) is 38.6 Å². The zero-order chi connectivity index (χ0) is 62.3. The molecule has 0 spiro atoms. The summed E-state index contributed by atoms with van der Waals surface area (Å²) in [4.78, 5) is 4.74. The molecule has 0 aliphatic heterocycles. The molecule has 11 aromatic carbocycles. The fourth-order valence-electron chi connectivity index (χ4n) is 13.0. The molecule has 2 heterocycles. The smallest absolute Gasteiger partial charge is 0.0718 e. The highest BCUT2D eigenvalue weighted by Crippen LogP contribution is 2.45. The van der Waals surface area contributed by atoms with Gasteiger partial charge in [0.2, 0.25) is 0 Å². The predicted molar refractivity (Wildman–Crippen MR) is 384 cm³/mol. The van der Waals surface area contributed by atoms with E-state index in [4.69, 9.17) is 18.9 Å². The molecule has 0 radical (unpaired) electrons. The summed E-state index contributed by atoms with van der Waals surface area (Å²) in [5, 5.41) is 3.54. The summed E-state index contributed by atoms with van der Waals surface area (Å²) in [7, 11) is 3.39. The van der Waals surface area contributed by atoms with Crippen LogP contribution >= 0.6 is 0 Å². The van der Waals surface area contributed by atoms with E-state index in [1.54, 1.807) is 14.2 Å². The summed E-state index contributed by atoms with van der Waals surface area (Å²) in [6.07, 6.45) is 8.07. The van der Waals surface area contributed by atoms with Gasteiger partial charge in [-0.05, 0) is 196 Å². The van der Waals surface area contributed by atoms with Gasteiger partial charge in [-0.15, -0.1) is 0 Å². The number of methoxy groups -OCH3 is 2. The molecule has 452 valence electrons. The minimum absolute atomic E-state index is 0.527. The van der Waals surface area contributed by atoms with Crippen molar-refractivity contribution in [2.45, 2.75) is 26.1 Å². The van der Waals surface area contributed by atoms with Crippen molar-refractivity contribution in [2.24, 2.45) is 0 Å². The quantitative estimate of drug-likeness (QED) is 0.0595. The maximum Gasteiger partial charge on any atom is 0.0718 e. The summed E-state index contributed by atoms with van der Waals surface area (Å²) >= 11 is 0. The van der Waals surface area contributed by atoms with Gasteiger partial charge in [0, 0.05) is 87.1 Å². The van der Waals surface area contributed by atoms with Gasteiger partial charge in [-0.25, -0.2) is 0 Å². The van der Waals surface area contributed by atoms with Crippen molar-refractivity contribution >= 4 is 90.6 Å². The Morgan fingerprint density at radius 2 is 0.772 bits per heavy atom. The van der Waals surface area contributed by atoms with Crippen LogP contribution in [0.25, 0.3) is 90.1 Å². The van der Waals surface area contributed by atoms with Crippen LogP contribution in [0.3, 0.4) is 0 Å². The summed E-state index contributed by atoms with van der Waals surface area (Å²) < 4.78 is 27.0. The fraction of sp³-hybridized carbons (Fsp3) is 0.119. The van der Waals surface area contributed by atoms with E-state index in [1.165, 1.54) is 38.7 Å². The van der Waals surface area contributed by atoms with Crippen LogP contribution in [-0.4, -0.2) is 49.8 Å². The van der Waals surface area contributed by atoms with Crippen molar-refractivity contribution in [1.82, 2.24) is 9.13 Å². The van der Waals surface area contributed by atoms with Crippen LogP contribution in [0, 0.1) is 0 Å². The molecule has 0 saturated carbocycles. The Kier molecular flexibility index (Phi) is 17.2. The van der Waals surface area contributed by atoms with Crippen molar-refractivity contribution in [1.29, 1.82) is 0 Å². The lowest BCUT2D eigenvalue weighted by Gasteiger charge is -2.26. The maximum absolute atomic E-state index is 5.90. The lowest BCUT2D eigenvalue weighted by Crippen LogP contribution is -2.10. The number of para-hydroxylation sites is 2. The molecule has 0 unspecified atom stereocenters. The number of fused-ring (bicyclic) bond motifs is 6. The minimum Gasteiger partial charge on any atom is -0.382 e. The van der Waals surface area contributed by atoms with Gasteiger partial charge in [-0.3, -0.25) is 0 Å². The molecule has 0 N–H and O–H groups in total. The van der Waals surface area contributed by atoms with Crippen molar-refractivity contribution in [3.8, 4) is 33.6 Å². The molecule has 1 aliphatic carbocycles. The summed E-state index contributed by atoms with van der Waals surface area (Å²) in [6, 6.07) is 95.0. The van der Waals surface area contributed by atoms with E-state index in [0.29, 0.717) is 39.6 Å².